The number of likely N-dealkylation sites (tertiary alicyclic amines) is 1. The first-order chi connectivity index (χ1) is 15.9. The van der Waals surface area contributed by atoms with E-state index < -0.39 is 12.0 Å². The van der Waals surface area contributed by atoms with Gasteiger partial charge < -0.3 is 20.3 Å². The van der Waals surface area contributed by atoms with Gasteiger partial charge in [0.15, 0.2) is 0 Å². The van der Waals surface area contributed by atoms with Crippen molar-refractivity contribution in [3.05, 3.63) is 53.3 Å². The molecule has 5 rings (SSSR count). The molecule has 3 aromatic rings. The monoisotopic (exact) mass is 452 g/mol. The number of aromatic nitrogens is 1. The van der Waals surface area contributed by atoms with Gasteiger partial charge >= 0.3 is 0 Å². The van der Waals surface area contributed by atoms with E-state index in [4.69, 9.17) is 10.5 Å². The lowest BCUT2D eigenvalue weighted by Gasteiger charge is -2.29. The van der Waals surface area contributed by atoms with Gasteiger partial charge in [-0.3, -0.25) is 4.79 Å². The Bertz CT molecular complexity index is 1230. The van der Waals surface area contributed by atoms with Gasteiger partial charge in [0.2, 0.25) is 0 Å². The number of carbonyl (C=O) groups is 1. The second-order valence-electron chi connectivity index (χ2n) is 8.68. The molecule has 0 spiro atoms. The number of nitrogens with zero attached hydrogens (tertiary/aromatic N) is 3. The summed E-state index contributed by atoms with van der Waals surface area (Å²) in [6.07, 6.45) is -0.731. The Morgan fingerprint density at radius 1 is 1.15 bits per heavy atom. The molecule has 33 heavy (non-hydrogen) atoms. The zero-order valence-corrected chi connectivity index (χ0v) is 18.5. The van der Waals surface area contributed by atoms with Gasteiger partial charge in [0.05, 0.1) is 36.5 Å². The number of alkyl halides is 1. The van der Waals surface area contributed by atoms with Gasteiger partial charge in [-0.25, -0.2) is 13.8 Å². The zero-order valence-electron chi connectivity index (χ0n) is 18.5. The van der Waals surface area contributed by atoms with Gasteiger partial charge in [-0.15, -0.1) is 0 Å². The van der Waals surface area contributed by atoms with Crippen molar-refractivity contribution >= 4 is 28.3 Å². The van der Waals surface area contributed by atoms with E-state index in [1.807, 2.05) is 24.3 Å². The fourth-order valence-corrected chi connectivity index (χ4v) is 4.76. The van der Waals surface area contributed by atoms with Crippen molar-refractivity contribution in [3.63, 3.8) is 0 Å². The molecule has 1 amide bonds. The summed E-state index contributed by atoms with van der Waals surface area (Å²) in [5, 5.41) is 0.871. The number of nitrogen functional groups attached to an aromatic ring is 1. The molecule has 0 unspecified atom stereocenters. The summed E-state index contributed by atoms with van der Waals surface area (Å²) < 4.78 is 33.5. The lowest BCUT2D eigenvalue weighted by molar-refractivity contribution is 0.0783. The van der Waals surface area contributed by atoms with Crippen LogP contribution in [0.25, 0.3) is 22.0 Å². The Balaban J connectivity index is 1.60. The molecule has 2 aliphatic heterocycles. The van der Waals surface area contributed by atoms with Gasteiger partial charge in [0.25, 0.3) is 5.91 Å². The normalized spacial score (nSPS) is 18.8. The first-order valence-corrected chi connectivity index (χ1v) is 11.2. The predicted octanol–water partition coefficient (Wildman–Crippen LogP) is 3.95. The van der Waals surface area contributed by atoms with Crippen molar-refractivity contribution in [3.8, 4) is 11.1 Å². The third-order valence-electron chi connectivity index (χ3n) is 6.41. The summed E-state index contributed by atoms with van der Waals surface area (Å²) in [7, 11) is 0. The molecule has 6 nitrogen and oxygen atoms in total. The Hall–Kier alpha value is -3.26. The molecule has 0 radical (unpaired) electrons. The molecule has 2 saturated heterocycles. The fourth-order valence-electron chi connectivity index (χ4n) is 4.76. The standard InChI is InChI=1S/C25H26F2N4O2/c1-15-10-19(27)13-20(25(32)31-5-4-18(26)14-31)23(15)16-2-3-21-17(11-16)12-22(24(28)29-21)30-6-8-33-9-7-30/h2-3,10-13,18H,4-9,14H2,1H3,(H2,28,29)/t18-/m1/s1. The van der Waals surface area contributed by atoms with Gasteiger partial charge in [0, 0.05) is 25.0 Å². The van der Waals surface area contributed by atoms with Crippen molar-refractivity contribution in [1.82, 2.24) is 9.88 Å². The van der Waals surface area contributed by atoms with Gasteiger partial charge in [-0.1, -0.05) is 6.07 Å². The van der Waals surface area contributed by atoms with Gasteiger partial charge in [0.1, 0.15) is 17.8 Å². The summed E-state index contributed by atoms with van der Waals surface area (Å²) in [5.74, 6) is -0.376. The first kappa shape index (κ1) is 21.6. The van der Waals surface area contributed by atoms with Crippen molar-refractivity contribution in [2.24, 2.45) is 0 Å². The Morgan fingerprint density at radius 2 is 1.94 bits per heavy atom. The van der Waals surface area contributed by atoms with Gasteiger partial charge in [-0.05, 0) is 60.4 Å². The lowest BCUT2D eigenvalue weighted by atomic mass is 9.93. The van der Waals surface area contributed by atoms with Crippen LogP contribution in [0.4, 0.5) is 20.3 Å². The van der Waals surface area contributed by atoms with Crippen molar-refractivity contribution < 1.29 is 18.3 Å². The van der Waals surface area contributed by atoms with Crippen molar-refractivity contribution in [2.45, 2.75) is 19.5 Å². The second-order valence-corrected chi connectivity index (χ2v) is 8.68. The number of pyridine rings is 1. The number of anilines is 2. The second kappa shape index (κ2) is 8.59. The van der Waals surface area contributed by atoms with Gasteiger partial charge in [-0.2, -0.15) is 0 Å². The first-order valence-electron chi connectivity index (χ1n) is 11.2. The quantitative estimate of drug-likeness (QED) is 0.652. The Morgan fingerprint density at radius 3 is 2.67 bits per heavy atom. The van der Waals surface area contributed by atoms with E-state index in [0.29, 0.717) is 43.1 Å². The number of hydrogen-bond acceptors (Lipinski definition) is 5. The van der Waals surface area contributed by atoms with E-state index in [0.717, 1.165) is 35.2 Å². The molecule has 0 aliphatic carbocycles. The van der Waals surface area contributed by atoms with Crippen LogP contribution in [0.3, 0.4) is 0 Å². The number of halogens is 2. The minimum atomic E-state index is -1.04. The number of fused-ring (bicyclic) bond motifs is 1. The van der Waals surface area contributed by atoms with Crippen molar-refractivity contribution in [1.29, 1.82) is 0 Å². The topological polar surface area (TPSA) is 71.7 Å². The van der Waals surface area contributed by atoms with Crippen LogP contribution < -0.4 is 10.6 Å². The molecule has 2 aliphatic rings. The van der Waals surface area contributed by atoms with Crippen LogP contribution in [0.15, 0.2) is 36.4 Å². The number of hydrogen-bond donors (Lipinski definition) is 1. The van der Waals surface area contributed by atoms with E-state index in [1.54, 1.807) is 6.92 Å². The molecule has 1 aromatic heterocycles. The van der Waals surface area contributed by atoms with Crippen LogP contribution in [0.2, 0.25) is 0 Å². The van der Waals surface area contributed by atoms with Crippen LogP contribution in [0, 0.1) is 12.7 Å². The number of benzene rings is 2. The average Bonchev–Trinajstić information content (AvgIpc) is 3.24. The maximum Gasteiger partial charge on any atom is 0.254 e. The van der Waals surface area contributed by atoms with Crippen LogP contribution in [-0.2, 0) is 4.74 Å². The predicted molar refractivity (Wildman–Crippen MR) is 125 cm³/mol. The number of ether oxygens (including phenoxy) is 1. The molecule has 2 aromatic carbocycles. The van der Waals surface area contributed by atoms with E-state index in [-0.39, 0.29) is 18.0 Å². The molecular formula is C25H26F2N4O2. The number of nitrogens with two attached hydrogens (primary N) is 1. The lowest BCUT2D eigenvalue weighted by Crippen LogP contribution is -2.36. The third-order valence-corrected chi connectivity index (χ3v) is 6.41. The number of rotatable bonds is 3. The molecule has 3 heterocycles. The highest BCUT2D eigenvalue weighted by molar-refractivity contribution is 6.03. The maximum atomic E-state index is 14.3. The highest BCUT2D eigenvalue weighted by Gasteiger charge is 2.29. The van der Waals surface area contributed by atoms with E-state index >= 15 is 0 Å². The Labute approximate surface area is 190 Å². The van der Waals surface area contributed by atoms with Crippen LogP contribution in [-0.4, -0.2) is 61.4 Å². The van der Waals surface area contributed by atoms with E-state index in [1.165, 1.54) is 17.0 Å². The van der Waals surface area contributed by atoms with Crippen LogP contribution >= 0.6 is 0 Å². The Kier molecular flexibility index (Phi) is 5.62. The largest absolute Gasteiger partial charge is 0.382 e. The number of aryl methyl sites for hydroxylation is 1. The van der Waals surface area contributed by atoms with Crippen molar-refractivity contribution in [2.75, 3.05) is 50.0 Å². The third kappa shape index (κ3) is 4.11. The summed E-state index contributed by atoms with van der Waals surface area (Å²) in [6, 6.07) is 10.3. The molecule has 8 heteroatoms. The zero-order chi connectivity index (χ0) is 23.1. The maximum absolute atomic E-state index is 14.3. The summed E-state index contributed by atoms with van der Waals surface area (Å²) in [6.45, 7) is 4.89. The highest BCUT2D eigenvalue weighted by atomic mass is 19.1. The van der Waals surface area contributed by atoms with E-state index in [9.17, 15) is 13.6 Å². The smallest absolute Gasteiger partial charge is 0.254 e. The molecule has 1 atom stereocenters. The van der Waals surface area contributed by atoms with Crippen LogP contribution in [0.1, 0.15) is 22.3 Å². The summed E-state index contributed by atoms with van der Waals surface area (Å²) in [4.78, 5) is 21.4. The highest BCUT2D eigenvalue weighted by Crippen LogP contribution is 2.34. The molecule has 0 bridgehead atoms. The minimum absolute atomic E-state index is 0.0393. The SMILES string of the molecule is Cc1cc(F)cc(C(=O)N2CC[C@@H](F)C2)c1-c1ccc2nc(N)c(N3CCOCC3)cc2c1. The number of carbonyl (C=O) groups excluding carboxylic acids is 1. The van der Waals surface area contributed by atoms with E-state index in [2.05, 4.69) is 9.88 Å². The molecular weight excluding hydrogens is 426 g/mol. The molecule has 2 fully saturated rings. The number of amides is 1. The average molecular weight is 453 g/mol. The summed E-state index contributed by atoms with van der Waals surface area (Å²) >= 11 is 0. The summed E-state index contributed by atoms with van der Waals surface area (Å²) in [5.41, 5.74) is 10.1. The number of morpholine rings is 1. The molecule has 2 N–H and O–H groups in total. The fraction of sp³-hybridized carbons (Fsp3) is 0.360. The minimum Gasteiger partial charge on any atom is -0.382 e. The molecule has 172 valence electrons. The molecule has 0 saturated carbocycles. The van der Waals surface area contributed by atoms with Crippen LogP contribution in [0.5, 0.6) is 0 Å².